The van der Waals surface area contributed by atoms with Gasteiger partial charge in [-0.05, 0) is 30.9 Å². The third-order valence-electron chi connectivity index (χ3n) is 4.04. The first kappa shape index (κ1) is 14.3. The van der Waals surface area contributed by atoms with Gasteiger partial charge in [-0.15, -0.1) is 0 Å². The molecule has 0 saturated heterocycles. The van der Waals surface area contributed by atoms with Gasteiger partial charge in [-0.3, -0.25) is 4.68 Å². The second-order valence-electron chi connectivity index (χ2n) is 5.97. The van der Waals surface area contributed by atoms with Crippen molar-refractivity contribution in [3.8, 4) is 0 Å². The summed E-state index contributed by atoms with van der Waals surface area (Å²) in [5.41, 5.74) is 2.77. The van der Waals surface area contributed by atoms with Gasteiger partial charge >= 0.3 is 0 Å². The van der Waals surface area contributed by atoms with Crippen LogP contribution in [0.4, 0.5) is 0 Å². The molecule has 1 aromatic rings. The molecule has 0 aromatic carbocycles. The zero-order valence-corrected chi connectivity index (χ0v) is 12.5. The second kappa shape index (κ2) is 6.90. The average molecular weight is 261 g/mol. The van der Waals surface area contributed by atoms with Crippen molar-refractivity contribution in [3.63, 3.8) is 0 Å². The van der Waals surface area contributed by atoms with Gasteiger partial charge in [-0.1, -0.05) is 38.7 Å². The lowest BCUT2D eigenvalue weighted by atomic mass is 9.83. The number of aryl methyl sites for hydroxylation is 1. The third-order valence-corrected chi connectivity index (χ3v) is 4.04. The van der Waals surface area contributed by atoms with Crippen LogP contribution in [0.25, 0.3) is 6.08 Å². The van der Waals surface area contributed by atoms with E-state index in [4.69, 9.17) is 0 Å². The molecule has 1 N–H and O–H groups in total. The first-order valence-corrected chi connectivity index (χ1v) is 7.58. The largest absolute Gasteiger partial charge is 0.311 e. The van der Waals surface area contributed by atoms with Crippen LogP contribution in [0, 0.1) is 5.92 Å². The summed E-state index contributed by atoms with van der Waals surface area (Å²) >= 11 is 0. The molecule has 1 saturated carbocycles. The van der Waals surface area contributed by atoms with E-state index in [0.717, 1.165) is 12.5 Å². The predicted octanol–water partition coefficient (Wildman–Crippen LogP) is 3.38. The fraction of sp³-hybridized carbons (Fsp3) is 0.688. The van der Waals surface area contributed by atoms with Crippen LogP contribution < -0.4 is 5.32 Å². The Bertz CT molecular complexity index is 411. The maximum atomic E-state index is 4.26. The summed E-state index contributed by atoms with van der Waals surface area (Å²) in [7, 11) is 2.01. The van der Waals surface area contributed by atoms with Crippen molar-refractivity contribution >= 4 is 6.08 Å². The summed E-state index contributed by atoms with van der Waals surface area (Å²) in [4.78, 5) is 0. The highest BCUT2D eigenvalue weighted by Crippen LogP contribution is 2.30. The molecule has 1 aromatic heterocycles. The van der Waals surface area contributed by atoms with Crippen LogP contribution in [0.15, 0.2) is 17.8 Å². The zero-order chi connectivity index (χ0) is 13.7. The molecule has 3 heteroatoms. The van der Waals surface area contributed by atoms with Crippen molar-refractivity contribution < 1.29 is 0 Å². The Labute approximate surface area is 117 Å². The van der Waals surface area contributed by atoms with Crippen molar-refractivity contribution in [3.05, 3.63) is 23.5 Å². The lowest BCUT2D eigenvalue weighted by molar-refractivity contribution is 0.394. The topological polar surface area (TPSA) is 29.9 Å². The van der Waals surface area contributed by atoms with Crippen molar-refractivity contribution in [1.82, 2.24) is 15.1 Å². The van der Waals surface area contributed by atoms with Gasteiger partial charge in [0.1, 0.15) is 0 Å². The maximum Gasteiger partial charge on any atom is 0.0606 e. The Hall–Kier alpha value is -1.09. The molecule has 19 heavy (non-hydrogen) atoms. The van der Waals surface area contributed by atoms with E-state index in [0.29, 0.717) is 6.04 Å². The van der Waals surface area contributed by atoms with E-state index in [1.807, 2.05) is 17.9 Å². The summed E-state index contributed by atoms with van der Waals surface area (Å²) in [6, 6.07) is 2.64. The van der Waals surface area contributed by atoms with Crippen LogP contribution in [0.5, 0.6) is 0 Å². The monoisotopic (exact) mass is 261 g/mol. The Morgan fingerprint density at radius 1 is 1.42 bits per heavy atom. The van der Waals surface area contributed by atoms with Gasteiger partial charge in [0.25, 0.3) is 0 Å². The Balaban J connectivity index is 2.12. The molecule has 0 bridgehead atoms. The summed E-state index contributed by atoms with van der Waals surface area (Å²) in [6.07, 6.45) is 11.1. The number of rotatable bonds is 5. The molecule has 0 aliphatic heterocycles. The predicted molar refractivity (Wildman–Crippen MR) is 80.9 cm³/mol. The van der Waals surface area contributed by atoms with E-state index in [1.165, 1.54) is 37.8 Å². The van der Waals surface area contributed by atoms with Crippen LogP contribution in [0.3, 0.4) is 0 Å². The molecule has 0 spiro atoms. The molecule has 2 rings (SSSR count). The van der Waals surface area contributed by atoms with Crippen LogP contribution in [0.1, 0.15) is 51.6 Å². The van der Waals surface area contributed by atoms with Crippen LogP contribution in [0.2, 0.25) is 0 Å². The van der Waals surface area contributed by atoms with Crippen LogP contribution in [-0.2, 0) is 7.05 Å². The molecule has 1 fully saturated rings. The lowest BCUT2D eigenvalue weighted by Gasteiger charge is -2.25. The minimum absolute atomic E-state index is 0.540. The van der Waals surface area contributed by atoms with Gasteiger partial charge in [0, 0.05) is 25.8 Å². The summed E-state index contributed by atoms with van der Waals surface area (Å²) in [6.45, 7) is 5.43. The van der Waals surface area contributed by atoms with E-state index in [1.54, 1.807) is 5.57 Å². The molecule has 0 radical (unpaired) electrons. The number of nitrogens with zero attached hydrogens (tertiary/aromatic N) is 2. The molecule has 1 heterocycles. The fourth-order valence-corrected chi connectivity index (χ4v) is 2.82. The van der Waals surface area contributed by atoms with Gasteiger partial charge in [-0.2, -0.15) is 5.10 Å². The zero-order valence-electron chi connectivity index (χ0n) is 12.5. The molecule has 3 nitrogen and oxygen atoms in total. The van der Waals surface area contributed by atoms with Crippen molar-refractivity contribution in [2.24, 2.45) is 13.0 Å². The Kier molecular flexibility index (Phi) is 5.20. The highest BCUT2D eigenvalue weighted by molar-refractivity contribution is 5.50. The molecule has 0 amide bonds. The van der Waals surface area contributed by atoms with Gasteiger partial charge < -0.3 is 5.32 Å². The van der Waals surface area contributed by atoms with Gasteiger partial charge in [-0.25, -0.2) is 0 Å². The normalized spacial score (nSPS) is 18.2. The van der Waals surface area contributed by atoms with Crippen molar-refractivity contribution in [1.29, 1.82) is 0 Å². The van der Waals surface area contributed by atoms with Gasteiger partial charge in [0.2, 0.25) is 0 Å². The summed E-state index contributed by atoms with van der Waals surface area (Å²) in [5, 5.41) is 7.84. The highest BCUT2D eigenvalue weighted by Gasteiger charge is 2.18. The maximum absolute atomic E-state index is 4.26. The number of aromatic nitrogens is 2. The molecule has 106 valence electrons. The van der Waals surface area contributed by atoms with Gasteiger partial charge in [0.05, 0.1) is 5.69 Å². The molecule has 0 atom stereocenters. The minimum Gasteiger partial charge on any atom is -0.311 e. The molecule has 1 aliphatic rings. The Morgan fingerprint density at radius 2 is 2.16 bits per heavy atom. The standard InChI is InChI=1S/C16H27N3/c1-13(2)17-12-15(14-7-5-4-6-8-14)11-16-9-10-18-19(16)3/h9-11,13-14,17H,4-8,12H2,1-3H3. The summed E-state index contributed by atoms with van der Waals surface area (Å²) in [5.74, 6) is 0.759. The Morgan fingerprint density at radius 3 is 2.74 bits per heavy atom. The first-order chi connectivity index (χ1) is 9.16. The number of nitrogens with one attached hydrogen (secondary N) is 1. The third kappa shape index (κ3) is 4.20. The van der Waals surface area contributed by atoms with Crippen molar-refractivity contribution in [2.45, 2.75) is 52.0 Å². The minimum atomic E-state index is 0.540. The molecular weight excluding hydrogens is 234 g/mol. The average Bonchev–Trinajstić information content (AvgIpc) is 2.81. The molecule has 1 aliphatic carbocycles. The number of hydrogen-bond acceptors (Lipinski definition) is 2. The van der Waals surface area contributed by atoms with Gasteiger partial charge in [0.15, 0.2) is 0 Å². The second-order valence-corrected chi connectivity index (χ2v) is 5.97. The number of hydrogen-bond donors (Lipinski definition) is 1. The highest BCUT2D eigenvalue weighted by atomic mass is 15.2. The molecular formula is C16H27N3. The van der Waals surface area contributed by atoms with Crippen LogP contribution >= 0.6 is 0 Å². The first-order valence-electron chi connectivity index (χ1n) is 7.58. The van der Waals surface area contributed by atoms with E-state index in [-0.39, 0.29) is 0 Å². The van der Waals surface area contributed by atoms with E-state index < -0.39 is 0 Å². The SMILES string of the molecule is CC(C)NCC(=Cc1ccnn1C)C1CCCCC1. The molecule has 0 unspecified atom stereocenters. The van der Waals surface area contributed by atoms with E-state index in [2.05, 4.69) is 36.4 Å². The summed E-state index contributed by atoms with van der Waals surface area (Å²) < 4.78 is 1.96. The fourth-order valence-electron chi connectivity index (χ4n) is 2.82. The lowest BCUT2D eigenvalue weighted by Crippen LogP contribution is -2.28. The van der Waals surface area contributed by atoms with E-state index >= 15 is 0 Å². The van der Waals surface area contributed by atoms with E-state index in [9.17, 15) is 0 Å². The smallest absolute Gasteiger partial charge is 0.0606 e. The van der Waals surface area contributed by atoms with Crippen LogP contribution in [-0.4, -0.2) is 22.4 Å². The van der Waals surface area contributed by atoms with Crippen molar-refractivity contribution in [2.75, 3.05) is 6.54 Å². The quantitative estimate of drug-likeness (QED) is 0.880.